The molecule has 0 saturated carbocycles. The van der Waals surface area contributed by atoms with Crippen LogP contribution in [0, 0.1) is 20.8 Å². The first-order chi connectivity index (χ1) is 15.9. The summed E-state index contributed by atoms with van der Waals surface area (Å²) in [5.41, 5.74) is 5.38. The van der Waals surface area contributed by atoms with Gasteiger partial charge in [-0.15, -0.1) is 10.2 Å². The predicted octanol–water partition coefficient (Wildman–Crippen LogP) is 4.21. The number of amides is 1. The van der Waals surface area contributed by atoms with E-state index in [9.17, 15) is 4.79 Å². The Hall–Kier alpha value is -2.84. The van der Waals surface area contributed by atoms with E-state index in [0.29, 0.717) is 19.8 Å². The fraction of sp³-hybridized carbons (Fsp3) is 0.400. The monoisotopic (exact) mass is 465 g/mol. The Morgan fingerprint density at radius 1 is 1.09 bits per heavy atom. The normalized spacial score (nSPS) is 14.8. The minimum atomic E-state index is -0.332. The van der Waals surface area contributed by atoms with Crippen molar-refractivity contribution in [1.29, 1.82) is 0 Å². The van der Waals surface area contributed by atoms with Crippen molar-refractivity contribution >= 4 is 29.3 Å². The van der Waals surface area contributed by atoms with Crippen molar-refractivity contribution in [2.24, 2.45) is 0 Å². The van der Waals surface area contributed by atoms with E-state index < -0.39 is 0 Å². The van der Waals surface area contributed by atoms with Crippen LogP contribution < -0.4 is 10.2 Å². The smallest absolute Gasteiger partial charge is 0.237 e. The summed E-state index contributed by atoms with van der Waals surface area (Å²) in [5.74, 6) is 0.778. The van der Waals surface area contributed by atoms with E-state index in [4.69, 9.17) is 4.74 Å². The quantitative estimate of drug-likeness (QED) is 0.527. The lowest BCUT2D eigenvalue weighted by Crippen LogP contribution is -2.38. The summed E-state index contributed by atoms with van der Waals surface area (Å²) < 4.78 is 7.62. The molecular weight excluding hydrogens is 434 g/mol. The van der Waals surface area contributed by atoms with Gasteiger partial charge in [0, 0.05) is 18.8 Å². The summed E-state index contributed by atoms with van der Waals surface area (Å²) in [6.45, 7) is 11.6. The van der Waals surface area contributed by atoms with Gasteiger partial charge >= 0.3 is 0 Å². The van der Waals surface area contributed by atoms with Crippen LogP contribution in [-0.4, -0.2) is 52.2 Å². The lowest BCUT2D eigenvalue weighted by Gasteiger charge is -2.28. The van der Waals surface area contributed by atoms with E-state index in [0.717, 1.165) is 46.6 Å². The van der Waals surface area contributed by atoms with E-state index in [1.54, 1.807) is 0 Å². The number of benzene rings is 2. The van der Waals surface area contributed by atoms with Crippen molar-refractivity contribution in [3.63, 3.8) is 0 Å². The second kappa shape index (κ2) is 10.4. The van der Waals surface area contributed by atoms with Crippen molar-refractivity contribution in [2.45, 2.75) is 44.6 Å². The topological polar surface area (TPSA) is 72.3 Å². The molecule has 1 fully saturated rings. The first-order valence-corrected chi connectivity index (χ1v) is 12.2. The number of anilines is 2. The van der Waals surface area contributed by atoms with Crippen LogP contribution >= 0.6 is 11.8 Å². The van der Waals surface area contributed by atoms with Crippen LogP contribution in [-0.2, 0) is 16.1 Å². The third-order valence-corrected chi connectivity index (χ3v) is 6.83. The fourth-order valence-electron chi connectivity index (χ4n) is 4.08. The average molecular weight is 466 g/mol. The number of morpholine rings is 1. The Morgan fingerprint density at radius 2 is 1.76 bits per heavy atom. The summed E-state index contributed by atoms with van der Waals surface area (Å²) in [6.07, 6.45) is 0. The highest BCUT2D eigenvalue weighted by Gasteiger charge is 2.24. The number of rotatable bonds is 7. The minimum absolute atomic E-state index is 0.0442. The van der Waals surface area contributed by atoms with Gasteiger partial charge in [0.2, 0.25) is 11.9 Å². The van der Waals surface area contributed by atoms with Gasteiger partial charge < -0.3 is 15.0 Å². The summed E-state index contributed by atoms with van der Waals surface area (Å²) in [5, 5.41) is 12.5. The van der Waals surface area contributed by atoms with Gasteiger partial charge in [-0.1, -0.05) is 59.8 Å². The van der Waals surface area contributed by atoms with Gasteiger partial charge in [0.05, 0.1) is 25.0 Å². The number of carbonyl (C=O) groups excluding carboxylic acids is 1. The molecule has 2 aromatic carbocycles. The largest absolute Gasteiger partial charge is 0.378 e. The number of hydrogen-bond acceptors (Lipinski definition) is 6. The molecule has 1 aliphatic heterocycles. The molecule has 1 N–H and O–H groups in total. The maximum atomic E-state index is 13.1. The molecule has 1 amide bonds. The summed E-state index contributed by atoms with van der Waals surface area (Å²) in [7, 11) is 0. The third-order valence-electron chi connectivity index (χ3n) is 5.75. The molecule has 1 saturated heterocycles. The Kier molecular flexibility index (Phi) is 7.35. The van der Waals surface area contributed by atoms with Gasteiger partial charge in [-0.05, 0) is 44.4 Å². The first-order valence-electron chi connectivity index (χ1n) is 11.3. The van der Waals surface area contributed by atoms with Crippen LogP contribution in [0.3, 0.4) is 0 Å². The number of ether oxygens (including phenoxy) is 1. The lowest BCUT2D eigenvalue weighted by atomic mass is 10.1. The highest BCUT2D eigenvalue weighted by Crippen LogP contribution is 2.29. The van der Waals surface area contributed by atoms with E-state index in [2.05, 4.69) is 56.2 Å². The molecule has 4 rings (SSSR count). The molecule has 0 aliphatic carbocycles. The number of carbonyl (C=O) groups is 1. The van der Waals surface area contributed by atoms with Gasteiger partial charge in [-0.2, -0.15) is 0 Å². The Balaban J connectivity index is 1.55. The number of aromatic nitrogens is 3. The van der Waals surface area contributed by atoms with Crippen molar-refractivity contribution in [3.8, 4) is 0 Å². The maximum Gasteiger partial charge on any atom is 0.237 e. The van der Waals surface area contributed by atoms with Crippen LogP contribution in [0.1, 0.15) is 29.2 Å². The van der Waals surface area contributed by atoms with E-state index in [1.165, 1.54) is 17.3 Å². The van der Waals surface area contributed by atoms with Crippen LogP contribution in [0.15, 0.2) is 47.6 Å². The second-order valence-corrected chi connectivity index (χ2v) is 9.78. The molecule has 1 aliphatic rings. The highest BCUT2D eigenvalue weighted by molar-refractivity contribution is 8.00. The molecule has 1 atom stereocenters. The maximum absolute atomic E-state index is 13.1. The number of nitrogens with zero attached hydrogens (tertiary/aromatic N) is 4. The first kappa shape index (κ1) is 23.3. The van der Waals surface area contributed by atoms with Gasteiger partial charge in [-0.25, -0.2) is 0 Å². The van der Waals surface area contributed by atoms with Gasteiger partial charge in [0.1, 0.15) is 0 Å². The molecule has 1 unspecified atom stereocenters. The molecule has 3 aromatic rings. The van der Waals surface area contributed by atoms with Crippen LogP contribution in [0.2, 0.25) is 0 Å². The van der Waals surface area contributed by atoms with E-state index in [-0.39, 0.29) is 11.2 Å². The zero-order valence-electron chi connectivity index (χ0n) is 19.7. The molecular formula is C25H31N5O2S. The highest BCUT2D eigenvalue weighted by atomic mass is 32.2. The molecule has 2 heterocycles. The van der Waals surface area contributed by atoms with Crippen LogP contribution in [0.5, 0.6) is 0 Å². The van der Waals surface area contributed by atoms with Crippen molar-refractivity contribution in [2.75, 3.05) is 36.5 Å². The zero-order chi connectivity index (χ0) is 23.4. The molecule has 1 aromatic heterocycles. The van der Waals surface area contributed by atoms with E-state index >= 15 is 0 Å². The molecule has 0 bridgehead atoms. The number of nitrogens with one attached hydrogen (secondary N) is 1. The molecule has 0 radical (unpaired) electrons. The Morgan fingerprint density at radius 3 is 2.42 bits per heavy atom. The summed E-state index contributed by atoms with van der Waals surface area (Å²) in [6, 6.07) is 14.4. The Labute approximate surface area is 199 Å². The minimum Gasteiger partial charge on any atom is -0.378 e. The third kappa shape index (κ3) is 5.57. The standard InChI is InChI=1S/C25H31N5O2S/c1-17-14-18(2)22(19(3)15-17)26-23(31)20(4)33-25-28-27-24(29-10-12-32-13-11-29)30(25)16-21-8-6-5-7-9-21/h5-9,14-15,20H,10-13,16H2,1-4H3,(H,26,31). The van der Waals surface area contributed by atoms with Crippen LogP contribution in [0.25, 0.3) is 0 Å². The van der Waals surface area contributed by atoms with Crippen molar-refractivity contribution < 1.29 is 9.53 Å². The zero-order valence-corrected chi connectivity index (χ0v) is 20.5. The molecule has 8 heteroatoms. The second-order valence-electron chi connectivity index (χ2n) is 8.48. The molecule has 174 valence electrons. The fourth-order valence-corrected chi connectivity index (χ4v) is 4.93. The van der Waals surface area contributed by atoms with Gasteiger partial charge in [-0.3, -0.25) is 9.36 Å². The SMILES string of the molecule is Cc1cc(C)c(NC(=O)C(C)Sc2nnc(N3CCOCC3)n2Cc2ccccc2)c(C)c1. The molecule has 0 spiro atoms. The van der Waals surface area contributed by atoms with E-state index in [1.807, 2.05) is 39.0 Å². The predicted molar refractivity (Wildman–Crippen MR) is 133 cm³/mol. The number of hydrogen-bond donors (Lipinski definition) is 1. The van der Waals surface area contributed by atoms with Crippen LogP contribution in [0.4, 0.5) is 11.6 Å². The molecule has 7 nitrogen and oxygen atoms in total. The lowest BCUT2D eigenvalue weighted by molar-refractivity contribution is -0.115. The summed E-state index contributed by atoms with van der Waals surface area (Å²) >= 11 is 1.44. The molecule has 33 heavy (non-hydrogen) atoms. The number of thioether (sulfide) groups is 1. The summed E-state index contributed by atoms with van der Waals surface area (Å²) in [4.78, 5) is 15.3. The number of aryl methyl sites for hydroxylation is 3. The van der Waals surface area contributed by atoms with Gasteiger partial charge in [0.25, 0.3) is 0 Å². The average Bonchev–Trinajstić information content (AvgIpc) is 3.19. The van der Waals surface area contributed by atoms with Crippen molar-refractivity contribution in [1.82, 2.24) is 14.8 Å². The van der Waals surface area contributed by atoms with Gasteiger partial charge in [0.15, 0.2) is 5.16 Å². The Bertz CT molecular complexity index is 1090. The van der Waals surface area contributed by atoms with Crippen molar-refractivity contribution in [3.05, 3.63) is 64.7 Å².